The number of carbonyl (C=O) groups is 2. The van der Waals surface area contributed by atoms with E-state index in [1.807, 2.05) is 18.2 Å². The Bertz CT molecular complexity index is 574. The van der Waals surface area contributed by atoms with Crippen LogP contribution in [0.2, 0.25) is 0 Å². The van der Waals surface area contributed by atoms with Crippen LogP contribution in [0.1, 0.15) is 32.1 Å². The average Bonchev–Trinajstić information content (AvgIpc) is 3.02. The van der Waals surface area contributed by atoms with Gasteiger partial charge in [-0.25, -0.2) is 4.79 Å². The van der Waals surface area contributed by atoms with E-state index in [0.717, 1.165) is 38.8 Å². The van der Waals surface area contributed by atoms with E-state index in [1.165, 1.54) is 12.1 Å². The van der Waals surface area contributed by atoms with Gasteiger partial charge in [-0.1, -0.05) is 24.6 Å². The number of anilines is 1. The zero-order valence-corrected chi connectivity index (χ0v) is 14.7. The molecule has 0 radical (unpaired) electrons. The summed E-state index contributed by atoms with van der Waals surface area (Å²) < 4.78 is 0. The number of carbonyl (C=O) groups excluding carboxylic acids is 2. The highest BCUT2D eigenvalue weighted by Gasteiger charge is 2.25. The fourth-order valence-corrected chi connectivity index (χ4v) is 3.30. The second-order valence-electron chi connectivity index (χ2n) is 6.94. The zero-order valence-electron chi connectivity index (χ0n) is 14.7. The Morgan fingerprint density at radius 2 is 1.80 bits per heavy atom. The van der Waals surface area contributed by atoms with Crippen LogP contribution < -0.4 is 20.9 Å². The lowest BCUT2D eigenvalue weighted by molar-refractivity contribution is -0.127. The Morgan fingerprint density at radius 1 is 1.04 bits per heavy atom. The third-order valence-electron chi connectivity index (χ3n) is 5.06. The first-order chi connectivity index (χ1) is 12.2. The minimum absolute atomic E-state index is 0.120. The number of amides is 3. The zero-order chi connectivity index (χ0) is 17.5. The third kappa shape index (κ3) is 5.11. The van der Waals surface area contributed by atoms with Gasteiger partial charge in [0.15, 0.2) is 0 Å². The van der Waals surface area contributed by atoms with Crippen molar-refractivity contribution in [3.8, 4) is 0 Å². The van der Waals surface area contributed by atoms with E-state index >= 15 is 0 Å². The summed E-state index contributed by atoms with van der Waals surface area (Å²) in [7, 11) is 0. The molecule has 1 atom stereocenters. The van der Waals surface area contributed by atoms with Gasteiger partial charge in [0.2, 0.25) is 5.91 Å². The molecule has 1 aromatic rings. The quantitative estimate of drug-likeness (QED) is 0.661. The van der Waals surface area contributed by atoms with Crippen molar-refractivity contribution < 1.29 is 9.59 Å². The second-order valence-corrected chi connectivity index (χ2v) is 6.94. The molecule has 1 aliphatic heterocycles. The highest BCUT2D eigenvalue weighted by Crippen LogP contribution is 2.26. The highest BCUT2D eigenvalue weighted by molar-refractivity contribution is 5.79. The fourth-order valence-electron chi connectivity index (χ4n) is 3.30. The van der Waals surface area contributed by atoms with Gasteiger partial charge in [-0.05, 0) is 37.8 Å². The van der Waals surface area contributed by atoms with Gasteiger partial charge in [0.1, 0.15) is 0 Å². The predicted molar refractivity (Wildman–Crippen MR) is 98.6 cm³/mol. The average molecular weight is 344 g/mol. The molecule has 3 amide bonds. The number of hydrogen-bond donors (Lipinski definition) is 3. The van der Waals surface area contributed by atoms with Crippen LogP contribution in [0, 0.1) is 5.92 Å². The molecule has 1 heterocycles. The number of nitrogens with zero attached hydrogens (tertiary/aromatic N) is 1. The Morgan fingerprint density at radius 3 is 2.52 bits per heavy atom. The lowest BCUT2D eigenvalue weighted by Crippen LogP contribution is -2.44. The van der Waals surface area contributed by atoms with Crippen LogP contribution in [-0.2, 0) is 4.79 Å². The van der Waals surface area contributed by atoms with Gasteiger partial charge in [0, 0.05) is 43.8 Å². The summed E-state index contributed by atoms with van der Waals surface area (Å²) in [6.45, 7) is 3.00. The molecule has 3 N–H and O–H groups in total. The number of rotatable bonds is 7. The van der Waals surface area contributed by atoms with Crippen molar-refractivity contribution in [1.29, 1.82) is 0 Å². The first-order valence-electron chi connectivity index (χ1n) is 9.34. The van der Waals surface area contributed by atoms with Crippen LogP contribution in [0.15, 0.2) is 30.3 Å². The maximum absolute atomic E-state index is 12.0. The molecule has 25 heavy (non-hydrogen) atoms. The van der Waals surface area contributed by atoms with Crippen molar-refractivity contribution >= 4 is 17.6 Å². The Labute approximate surface area is 149 Å². The van der Waals surface area contributed by atoms with E-state index in [2.05, 4.69) is 33.0 Å². The minimum atomic E-state index is -0.120. The largest absolute Gasteiger partial charge is 0.369 e. The first kappa shape index (κ1) is 17.6. The summed E-state index contributed by atoms with van der Waals surface area (Å²) in [5.41, 5.74) is 1.20. The molecule has 0 spiro atoms. The van der Waals surface area contributed by atoms with Gasteiger partial charge in [-0.2, -0.15) is 0 Å². The van der Waals surface area contributed by atoms with Crippen LogP contribution in [0.25, 0.3) is 0 Å². The maximum Gasteiger partial charge on any atom is 0.315 e. The molecule has 2 aliphatic rings. The van der Waals surface area contributed by atoms with Crippen molar-refractivity contribution in [3.63, 3.8) is 0 Å². The van der Waals surface area contributed by atoms with Crippen molar-refractivity contribution in [1.82, 2.24) is 16.0 Å². The topological polar surface area (TPSA) is 73.5 Å². The Balaban J connectivity index is 1.26. The maximum atomic E-state index is 12.0. The molecular formula is C19H28N4O2. The van der Waals surface area contributed by atoms with E-state index in [-0.39, 0.29) is 23.9 Å². The van der Waals surface area contributed by atoms with Crippen LogP contribution in [0.5, 0.6) is 0 Å². The molecule has 1 saturated carbocycles. The minimum Gasteiger partial charge on any atom is -0.369 e. The molecule has 0 aromatic heterocycles. The van der Waals surface area contributed by atoms with Crippen LogP contribution in [-0.4, -0.2) is 44.2 Å². The van der Waals surface area contributed by atoms with E-state index in [9.17, 15) is 9.59 Å². The summed E-state index contributed by atoms with van der Waals surface area (Å²) in [5.74, 6) is 0.397. The first-order valence-corrected chi connectivity index (χ1v) is 9.34. The Kier molecular flexibility index (Phi) is 6.14. The molecule has 0 unspecified atom stereocenters. The molecule has 0 bridgehead atoms. The molecule has 136 valence electrons. The van der Waals surface area contributed by atoms with E-state index in [0.29, 0.717) is 13.1 Å². The highest BCUT2D eigenvalue weighted by atomic mass is 16.2. The SMILES string of the molecule is O=C(NCCCNC(=O)C1CCC1)N[C@@H]1CCN(c2ccccc2)C1. The van der Waals surface area contributed by atoms with Crippen molar-refractivity contribution in [2.75, 3.05) is 31.1 Å². The van der Waals surface area contributed by atoms with Gasteiger partial charge < -0.3 is 20.9 Å². The molecule has 1 aromatic carbocycles. The predicted octanol–water partition coefficient (Wildman–Crippen LogP) is 1.87. The fraction of sp³-hybridized carbons (Fsp3) is 0.579. The summed E-state index contributed by atoms with van der Waals surface area (Å²) in [6.07, 6.45) is 4.93. The van der Waals surface area contributed by atoms with Gasteiger partial charge >= 0.3 is 6.03 Å². The molecule has 1 saturated heterocycles. The van der Waals surface area contributed by atoms with Gasteiger partial charge in [-0.15, -0.1) is 0 Å². The van der Waals surface area contributed by atoms with Crippen molar-refractivity contribution in [3.05, 3.63) is 30.3 Å². The van der Waals surface area contributed by atoms with Gasteiger partial charge in [0.25, 0.3) is 0 Å². The monoisotopic (exact) mass is 344 g/mol. The molecule has 3 rings (SSSR count). The summed E-state index contributed by atoms with van der Waals surface area (Å²) in [6, 6.07) is 10.3. The molecule has 6 nitrogen and oxygen atoms in total. The molecule has 2 fully saturated rings. The van der Waals surface area contributed by atoms with Crippen LogP contribution >= 0.6 is 0 Å². The van der Waals surface area contributed by atoms with E-state index in [4.69, 9.17) is 0 Å². The number of hydrogen-bond acceptors (Lipinski definition) is 3. The van der Waals surface area contributed by atoms with Crippen LogP contribution in [0.4, 0.5) is 10.5 Å². The lowest BCUT2D eigenvalue weighted by Gasteiger charge is -2.24. The number of benzene rings is 1. The Hall–Kier alpha value is -2.24. The number of para-hydroxylation sites is 1. The number of nitrogens with one attached hydrogen (secondary N) is 3. The van der Waals surface area contributed by atoms with Crippen molar-refractivity contribution in [2.45, 2.75) is 38.1 Å². The summed E-state index contributed by atoms with van der Waals surface area (Å²) >= 11 is 0. The summed E-state index contributed by atoms with van der Waals surface area (Å²) in [4.78, 5) is 26.0. The normalized spacial score (nSPS) is 20.0. The summed E-state index contributed by atoms with van der Waals surface area (Å²) in [5, 5.41) is 8.85. The lowest BCUT2D eigenvalue weighted by atomic mass is 9.85. The molecule has 6 heteroatoms. The van der Waals surface area contributed by atoms with E-state index in [1.54, 1.807) is 0 Å². The number of urea groups is 1. The standard InChI is InChI=1S/C19H28N4O2/c24-18(15-6-4-7-15)20-11-5-12-21-19(25)22-16-10-13-23(14-16)17-8-2-1-3-9-17/h1-3,8-9,15-16H,4-7,10-14H2,(H,20,24)(H2,21,22,25)/t16-/m1/s1. The van der Waals surface area contributed by atoms with E-state index < -0.39 is 0 Å². The molecule has 1 aliphatic carbocycles. The molecular weight excluding hydrogens is 316 g/mol. The second kappa shape index (κ2) is 8.74. The smallest absolute Gasteiger partial charge is 0.315 e. The van der Waals surface area contributed by atoms with Gasteiger partial charge in [0.05, 0.1) is 0 Å². The van der Waals surface area contributed by atoms with Gasteiger partial charge in [-0.3, -0.25) is 4.79 Å². The van der Waals surface area contributed by atoms with Crippen LogP contribution in [0.3, 0.4) is 0 Å². The third-order valence-corrected chi connectivity index (χ3v) is 5.06. The van der Waals surface area contributed by atoms with Crippen molar-refractivity contribution in [2.24, 2.45) is 5.92 Å².